The Hall–Kier alpha value is -0.350. The number of hydrogen-bond acceptors (Lipinski definition) is 2. The van der Waals surface area contributed by atoms with E-state index in [-0.39, 0.29) is 11.6 Å². The topological polar surface area (TPSA) is 52.0 Å². The van der Waals surface area contributed by atoms with Crippen molar-refractivity contribution in [3.05, 3.63) is 33.6 Å². The maximum absolute atomic E-state index is 13.0. The van der Waals surface area contributed by atoms with Gasteiger partial charge in [0.2, 0.25) is 0 Å². The summed E-state index contributed by atoms with van der Waals surface area (Å²) in [5.41, 5.74) is 11.3. The molecular formula is C8H9Cl2FN2. The molecule has 0 fully saturated rings. The van der Waals surface area contributed by atoms with Gasteiger partial charge in [0.15, 0.2) is 0 Å². The SMILES string of the molecule is NC[C@@H](N)c1c(Cl)ccc(F)c1Cl. The molecule has 4 N–H and O–H groups in total. The molecule has 0 aliphatic carbocycles. The first-order valence-electron chi connectivity index (χ1n) is 3.67. The molecular weight excluding hydrogens is 214 g/mol. The van der Waals surface area contributed by atoms with Gasteiger partial charge in [0.1, 0.15) is 5.82 Å². The molecule has 1 aromatic carbocycles. The van der Waals surface area contributed by atoms with Crippen LogP contribution in [0.5, 0.6) is 0 Å². The first-order chi connectivity index (χ1) is 6.07. The highest BCUT2D eigenvalue weighted by Crippen LogP contribution is 2.30. The third kappa shape index (κ3) is 2.11. The number of halogens is 3. The van der Waals surface area contributed by atoms with Gasteiger partial charge in [-0.25, -0.2) is 4.39 Å². The smallest absolute Gasteiger partial charge is 0.142 e. The van der Waals surface area contributed by atoms with E-state index < -0.39 is 11.9 Å². The predicted octanol–water partition coefficient (Wildman–Crippen LogP) is 2.09. The Balaban J connectivity index is 3.25. The first kappa shape index (κ1) is 10.7. The number of benzene rings is 1. The summed E-state index contributed by atoms with van der Waals surface area (Å²) >= 11 is 11.5. The van der Waals surface area contributed by atoms with Crippen LogP contribution in [-0.2, 0) is 0 Å². The fraction of sp³-hybridized carbons (Fsp3) is 0.250. The Morgan fingerprint density at radius 1 is 1.38 bits per heavy atom. The van der Waals surface area contributed by atoms with E-state index in [0.29, 0.717) is 10.6 Å². The van der Waals surface area contributed by atoms with Crippen molar-refractivity contribution in [2.45, 2.75) is 6.04 Å². The molecule has 0 saturated carbocycles. The molecule has 0 heterocycles. The van der Waals surface area contributed by atoms with Gasteiger partial charge in [0, 0.05) is 23.2 Å². The molecule has 0 aliphatic rings. The van der Waals surface area contributed by atoms with E-state index in [1.807, 2.05) is 0 Å². The summed E-state index contributed by atoms with van der Waals surface area (Å²) in [6.45, 7) is 0.170. The van der Waals surface area contributed by atoms with E-state index in [0.717, 1.165) is 0 Å². The van der Waals surface area contributed by atoms with E-state index in [1.165, 1.54) is 12.1 Å². The molecule has 0 saturated heterocycles. The zero-order valence-corrected chi connectivity index (χ0v) is 8.24. The second-order valence-corrected chi connectivity index (χ2v) is 3.38. The quantitative estimate of drug-likeness (QED) is 0.754. The molecule has 0 bridgehead atoms. The van der Waals surface area contributed by atoms with Crippen LogP contribution >= 0.6 is 23.2 Å². The Labute approximate surface area is 85.6 Å². The Bertz CT molecular complexity index is 317. The molecule has 2 nitrogen and oxygen atoms in total. The average molecular weight is 223 g/mol. The van der Waals surface area contributed by atoms with Crippen molar-refractivity contribution in [3.8, 4) is 0 Å². The van der Waals surface area contributed by atoms with E-state index in [2.05, 4.69) is 0 Å². The van der Waals surface area contributed by atoms with Gasteiger partial charge >= 0.3 is 0 Å². The molecule has 1 atom stereocenters. The standard InChI is InChI=1S/C8H9Cl2FN2/c9-4-1-2-5(11)8(10)7(4)6(13)3-12/h1-2,6H,3,12-13H2/t6-/m1/s1. The fourth-order valence-corrected chi connectivity index (χ4v) is 1.65. The van der Waals surface area contributed by atoms with Gasteiger partial charge < -0.3 is 11.5 Å². The minimum atomic E-state index is -0.537. The molecule has 0 aliphatic heterocycles. The molecule has 0 amide bonds. The molecule has 1 aromatic rings. The molecule has 0 spiro atoms. The van der Waals surface area contributed by atoms with Crippen LogP contribution in [0.2, 0.25) is 10.0 Å². The van der Waals surface area contributed by atoms with Crippen LogP contribution in [0.4, 0.5) is 4.39 Å². The predicted molar refractivity (Wildman–Crippen MR) is 52.4 cm³/mol. The highest BCUT2D eigenvalue weighted by atomic mass is 35.5. The van der Waals surface area contributed by atoms with Crippen molar-refractivity contribution in [1.82, 2.24) is 0 Å². The lowest BCUT2D eigenvalue weighted by Crippen LogP contribution is -2.21. The molecule has 1 rings (SSSR count). The van der Waals surface area contributed by atoms with Crippen LogP contribution in [0.1, 0.15) is 11.6 Å². The van der Waals surface area contributed by atoms with E-state index in [4.69, 9.17) is 34.7 Å². The van der Waals surface area contributed by atoms with Crippen molar-refractivity contribution in [2.75, 3.05) is 6.54 Å². The van der Waals surface area contributed by atoms with Gasteiger partial charge in [-0.2, -0.15) is 0 Å². The summed E-state index contributed by atoms with van der Waals surface area (Å²) in [7, 11) is 0. The van der Waals surface area contributed by atoms with Crippen LogP contribution in [-0.4, -0.2) is 6.54 Å². The molecule has 0 unspecified atom stereocenters. The lowest BCUT2D eigenvalue weighted by Gasteiger charge is -2.13. The van der Waals surface area contributed by atoms with E-state index >= 15 is 0 Å². The Morgan fingerprint density at radius 3 is 2.54 bits per heavy atom. The monoisotopic (exact) mass is 222 g/mol. The summed E-state index contributed by atoms with van der Waals surface area (Å²) in [6, 6.07) is 2.07. The van der Waals surface area contributed by atoms with Crippen molar-refractivity contribution in [1.29, 1.82) is 0 Å². The summed E-state index contributed by atoms with van der Waals surface area (Å²) in [5.74, 6) is -0.537. The maximum atomic E-state index is 13.0. The van der Waals surface area contributed by atoms with Crippen molar-refractivity contribution in [3.63, 3.8) is 0 Å². The van der Waals surface area contributed by atoms with Crippen LogP contribution in [0, 0.1) is 5.82 Å². The second-order valence-electron chi connectivity index (χ2n) is 2.60. The molecule has 13 heavy (non-hydrogen) atoms. The molecule has 0 radical (unpaired) electrons. The third-order valence-electron chi connectivity index (χ3n) is 1.70. The highest BCUT2D eigenvalue weighted by molar-refractivity contribution is 6.36. The lowest BCUT2D eigenvalue weighted by atomic mass is 10.1. The van der Waals surface area contributed by atoms with E-state index in [9.17, 15) is 4.39 Å². The van der Waals surface area contributed by atoms with Gasteiger partial charge in [-0.05, 0) is 12.1 Å². The van der Waals surface area contributed by atoms with Gasteiger partial charge in [0.05, 0.1) is 5.02 Å². The maximum Gasteiger partial charge on any atom is 0.142 e. The van der Waals surface area contributed by atoms with Crippen molar-refractivity contribution in [2.24, 2.45) is 11.5 Å². The first-order valence-corrected chi connectivity index (χ1v) is 4.42. The lowest BCUT2D eigenvalue weighted by molar-refractivity contribution is 0.620. The third-order valence-corrected chi connectivity index (χ3v) is 2.42. The minimum absolute atomic E-state index is 0.0505. The molecule has 5 heteroatoms. The van der Waals surface area contributed by atoms with Crippen molar-refractivity contribution >= 4 is 23.2 Å². The number of rotatable bonds is 2. The summed E-state index contributed by atoms with van der Waals surface area (Å²) in [5, 5.41) is 0.287. The van der Waals surface area contributed by atoms with Crippen LogP contribution < -0.4 is 11.5 Å². The largest absolute Gasteiger partial charge is 0.329 e. The van der Waals surface area contributed by atoms with E-state index in [1.54, 1.807) is 0 Å². The zero-order valence-electron chi connectivity index (χ0n) is 6.73. The van der Waals surface area contributed by atoms with Crippen LogP contribution in [0.25, 0.3) is 0 Å². The van der Waals surface area contributed by atoms with Gasteiger partial charge in [-0.15, -0.1) is 0 Å². The van der Waals surface area contributed by atoms with Gasteiger partial charge in [-0.1, -0.05) is 23.2 Å². The van der Waals surface area contributed by atoms with Crippen LogP contribution in [0.15, 0.2) is 12.1 Å². The summed E-state index contributed by atoms with van der Waals surface area (Å²) in [4.78, 5) is 0. The Morgan fingerprint density at radius 2 is 2.00 bits per heavy atom. The van der Waals surface area contributed by atoms with Gasteiger partial charge in [0.25, 0.3) is 0 Å². The molecule has 0 aromatic heterocycles. The number of hydrogen-bond donors (Lipinski definition) is 2. The average Bonchev–Trinajstić information content (AvgIpc) is 2.12. The highest BCUT2D eigenvalue weighted by Gasteiger charge is 2.15. The second kappa shape index (κ2) is 4.24. The normalized spacial score (nSPS) is 13.0. The fourth-order valence-electron chi connectivity index (χ4n) is 1.00. The Kier molecular flexibility index (Phi) is 3.50. The summed E-state index contributed by atoms with van der Waals surface area (Å²) < 4.78 is 13.0. The van der Waals surface area contributed by atoms with Crippen LogP contribution in [0.3, 0.4) is 0 Å². The van der Waals surface area contributed by atoms with Gasteiger partial charge in [-0.3, -0.25) is 0 Å². The van der Waals surface area contributed by atoms with Crippen molar-refractivity contribution < 1.29 is 4.39 Å². The zero-order chi connectivity index (χ0) is 10.0. The minimum Gasteiger partial charge on any atom is -0.329 e. The number of nitrogens with two attached hydrogens (primary N) is 2. The summed E-state index contributed by atoms with van der Waals surface area (Å²) in [6.07, 6.45) is 0. The molecule has 72 valence electrons.